The first-order valence-electron chi connectivity index (χ1n) is 12.7. The summed E-state index contributed by atoms with van der Waals surface area (Å²) in [6.45, 7) is 9.49. The summed E-state index contributed by atoms with van der Waals surface area (Å²) in [5, 5.41) is 0. The predicted octanol–water partition coefficient (Wildman–Crippen LogP) is 4.88. The highest BCUT2D eigenvalue weighted by Gasteiger charge is 2.57. The van der Waals surface area contributed by atoms with Gasteiger partial charge in [0.05, 0.1) is 31.0 Å². The zero-order valence-corrected chi connectivity index (χ0v) is 22.5. The molecule has 1 aromatic heterocycles. The number of pyridine rings is 1. The summed E-state index contributed by atoms with van der Waals surface area (Å²) < 4.78 is 17.2. The minimum atomic E-state index is -1.39. The Hall–Kier alpha value is -3.00. The molecular formula is C28H35NO6Si. The largest absolute Gasteiger partial charge is 0.489 e. The topological polar surface area (TPSA) is 91.8 Å². The lowest BCUT2D eigenvalue weighted by molar-refractivity contribution is -0.167. The molecule has 1 aromatic carbocycles. The van der Waals surface area contributed by atoms with Gasteiger partial charge in [-0.25, -0.2) is 0 Å². The van der Waals surface area contributed by atoms with Crippen LogP contribution < -0.4 is 4.74 Å². The van der Waals surface area contributed by atoms with E-state index in [9.17, 15) is 14.4 Å². The van der Waals surface area contributed by atoms with Gasteiger partial charge in [0.1, 0.15) is 18.1 Å². The maximum atomic E-state index is 13.3. The Kier molecular flexibility index (Phi) is 7.93. The van der Waals surface area contributed by atoms with E-state index in [0.717, 1.165) is 22.7 Å². The number of hydrogen-bond donors (Lipinski definition) is 0. The predicted molar refractivity (Wildman–Crippen MR) is 137 cm³/mol. The van der Waals surface area contributed by atoms with Crippen molar-refractivity contribution in [2.24, 2.45) is 11.8 Å². The molecule has 0 amide bonds. The number of fused-ring (bicyclic) bond motifs is 2. The molecule has 0 spiro atoms. The standard InChI is InChI=1S/C28H35NO6Si/c1-5-11-33-28(32)26-24-21-14-19(35-17-18-7-6-10-29-16-18)8-9-20(21)22(15-23(24)30)25(26)27(31)34-12-13-36(2,3)4/h6-10,14,16,22,24-26H,5,11-13,15,17H2,1-4H3. The minimum absolute atomic E-state index is 0.0403. The molecule has 0 aliphatic heterocycles. The van der Waals surface area contributed by atoms with Crippen molar-refractivity contribution in [3.05, 3.63) is 59.4 Å². The van der Waals surface area contributed by atoms with Crippen LogP contribution >= 0.6 is 0 Å². The Morgan fingerprint density at radius 2 is 1.78 bits per heavy atom. The van der Waals surface area contributed by atoms with E-state index in [-0.39, 0.29) is 18.8 Å². The van der Waals surface area contributed by atoms with E-state index in [4.69, 9.17) is 14.2 Å². The van der Waals surface area contributed by atoms with Crippen molar-refractivity contribution in [1.29, 1.82) is 0 Å². The quantitative estimate of drug-likeness (QED) is 0.333. The maximum absolute atomic E-state index is 13.3. The van der Waals surface area contributed by atoms with Gasteiger partial charge in [0.2, 0.25) is 0 Å². The van der Waals surface area contributed by atoms with E-state index >= 15 is 0 Å². The molecule has 4 atom stereocenters. The number of benzene rings is 1. The summed E-state index contributed by atoms with van der Waals surface area (Å²) in [6, 6.07) is 10.2. The fraction of sp³-hybridized carbons (Fsp3) is 0.500. The van der Waals surface area contributed by atoms with E-state index in [0.29, 0.717) is 25.4 Å². The van der Waals surface area contributed by atoms with Crippen LogP contribution in [0.1, 0.15) is 48.3 Å². The molecule has 192 valence electrons. The van der Waals surface area contributed by atoms with E-state index < -0.39 is 43.7 Å². The van der Waals surface area contributed by atoms with Crippen LogP contribution in [-0.4, -0.2) is 44.0 Å². The Labute approximate surface area is 213 Å². The first kappa shape index (κ1) is 26.1. The second-order valence-corrected chi connectivity index (χ2v) is 16.5. The SMILES string of the molecule is CCCOC(=O)C1C2C(=O)CC(c3ccc(OCc4cccnc4)cc32)C1C(=O)OCC[Si](C)(C)C. The van der Waals surface area contributed by atoms with Crippen LogP contribution in [0.2, 0.25) is 25.7 Å². The number of ketones is 1. The molecule has 7 nitrogen and oxygen atoms in total. The lowest BCUT2D eigenvalue weighted by Crippen LogP contribution is -2.50. The Balaban J connectivity index is 1.62. The summed E-state index contributed by atoms with van der Waals surface area (Å²) in [4.78, 5) is 43.9. The molecule has 3 aliphatic rings. The second kappa shape index (κ2) is 10.9. The average molecular weight is 510 g/mol. The summed E-state index contributed by atoms with van der Waals surface area (Å²) >= 11 is 0. The van der Waals surface area contributed by atoms with Crippen LogP contribution in [0.4, 0.5) is 0 Å². The summed E-state index contributed by atoms with van der Waals surface area (Å²) in [5.74, 6) is -3.11. The number of aromatic nitrogens is 1. The molecule has 0 radical (unpaired) electrons. The molecule has 1 heterocycles. The van der Waals surface area contributed by atoms with Gasteiger partial charge in [-0.3, -0.25) is 19.4 Å². The van der Waals surface area contributed by atoms with Gasteiger partial charge in [-0.1, -0.05) is 38.7 Å². The molecule has 1 saturated carbocycles. The number of hydrogen-bond acceptors (Lipinski definition) is 7. The molecule has 1 fully saturated rings. The fourth-order valence-corrected chi connectivity index (χ4v) is 5.86. The summed E-state index contributed by atoms with van der Waals surface area (Å²) in [6.07, 6.45) is 4.32. The fourth-order valence-electron chi connectivity index (χ4n) is 5.15. The highest BCUT2D eigenvalue weighted by atomic mass is 28.3. The monoisotopic (exact) mass is 509 g/mol. The molecule has 36 heavy (non-hydrogen) atoms. The van der Waals surface area contributed by atoms with Crippen molar-refractivity contribution in [2.75, 3.05) is 13.2 Å². The molecule has 5 rings (SSSR count). The van der Waals surface area contributed by atoms with Gasteiger partial charge in [0, 0.05) is 38.4 Å². The van der Waals surface area contributed by atoms with Crippen LogP contribution in [-0.2, 0) is 30.5 Å². The van der Waals surface area contributed by atoms with Crippen molar-refractivity contribution in [2.45, 2.75) is 63.9 Å². The van der Waals surface area contributed by atoms with Gasteiger partial charge < -0.3 is 14.2 Å². The molecule has 4 unspecified atom stereocenters. The molecule has 2 bridgehead atoms. The first-order chi connectivity index (χ1) is 17.2. The lowest BCUT2D eigenvalue weighted by atomic mass is 9.55. The number of carbonyl (C=O) groups excluding carboxylic acids is 3. The van der Waals surface area contributed by atoms with Gasteiger partial charge in [0.15, 0.2) is 0 Å². The zero-order chi connectivity index (χ0) is 25.9. The van der Waals surface area contributed by atoms with E-state index in [1.165, 1.54) is 0 Å². The van der Waals surface area contributed by atoms with Gasteiger partial charge >= 0.3 is 11.9 Å². The second-order valence-electron chi connectivity index (χ2n) is 10.9. The molecule has 2 aromatic rings. The zero-order valence-electron chi connectivity index (χ0n) is 21.5. The Morgan fingerprint density at radius 1 is 1.03 bits per heavy atom. The number of ether oxygens (including phenoxy) is 3. The minimum Gasteiger partial charge on any atom is -0.489 e. The van der Waals surface area contributed by atoms with Gasteiger partial charge in [-0.2, -0.15) is 0 Å². The van der Waals surface area contributed by atoms with Crippen LogP contribution in [0.5, 0.6) is 5.75 Å². The van der Waals surface area contributed by atoms with Crippen molar-refractivity contribution in [3.8, 4) is 5.75 Å². The highest BCUT2D eigenvalue weighted by Crippen LogP contribution is 2.55. The van der Waals surface area contributed by atoms with E-state index in [1.807, 2.05) is 37.3 Å². The van der Waals surface area contributed by atoms with Crippen molar-refractivity contribution in [3.63, 3.8) is 0 Å². The number of nitrogens with zero attached hydrogens (tertiary/aromatic N) is 1. The highest BCUT2D eigenvalue weighted by molar-refractivity contribution is 6.76. The number of rotatable bonds is 10. The third-order valence-corrected chi connectivity index (χ3v) is 8.66. The van der Waals surface area contributed by atoms with Crippen molar-refractivity contribution < 1.29 is 28.6 Å². The number of Topliss-reactive ketones (excluding diaryl/α,β-unsaturated/α-hetero) is 1. The average Bonchev–Trinajstić information content (AvgIpc) is 2.85. The van der Waals surface area contributed by atoms with Crippen molar-refractivity contribution in [1.82, 2.24) is 4.98 Å². The summed E-state index contributed by atoms with van der Waals surface area (Å²) in [5.41, 5.74) is 2.60. The Bertz CT molecular complexity index is 1110. The van der Waals surface area contributed by atoms with E-state index in [2.05, 4.69) is 24.6 Å². The van der Waals surface area contributed by atoms with Crippen LogP contribution in [0.25, 0.3) is 0 Å². The van der Waals surface area contributed by atoms with Gasteiger partial charge in [-0.15, -0.1) is 0 Å². The molecule has 0 N–H and O–H groups in total. The normalized spacial score (nSPS) is 22.6. The summed E-state index contributed by atoms with van der Waals surface area (Å²) in [7, 11) is -1.39. The molecule has 3 aliphatic carbocycles. The van der Waals surface area contributed by atoms with Gasteiger partial charge in [-0.05, 0) is 41.8 Å². The Morgan fingerprint density at radius 3 is 2.47 bits per heavy atom. The molecular weight excluding hydrogens is 474 g/mol. The van der Waals surface area contributed by atoms with Crippen molar-refractivity contribution >= 4 is 25.8 Å². The lowest BCUT2D eigenvalue weighted by Gasteiger charge is -2.46. The smallest absolute Gasteiger partial charge is 0.310 e. The third-order valence-electron chi connectivity index (χ3n) is 6.96. The number of esters is 2. The van der Waals surface area contributed by atoms with Crippen LogP contribution in [0.15, 0.2) is 42.7 Å². The van der Waals surface area contributed by atoms with Crippen LogP contribution in [0, 0.1) is 11.8 Å². The third kappa shape index (κ3) is 5.69. The first-order valence-corrected chi connectivity index (χ1v) is 16.4. The number of carbonyl (C=O) groups is 3. The van der Waals surface area contributed by atoms with E-state index in [1.54, 1.807) is 12.4 Å². The van der Waals surface area contributed by atoms with Gasteiger partial charge in [0.25, 0.3) is 0 Å². The molecule has 8 heteroatoms. The van der Waals surface area contributed by atoms with Crippen LogP contribution in [0.3, 0.4) is 0 Å². The molecule has 0 saturated heterocycles. The maximum Gasteiger partial charge on any atom is 0.310 e.